The Hall–Kier alpha value is -1.90. The fraction of sp³-hybridized carbons (Fsp3) is 0.533. The number of phenolic OH excluding ortho intramolecular Hbond substituents is 2. The smallest absolute Gasteiger partial charge is 0.315 e. The number of nitrogens with zero attached hydrogens (tertiary/aromatic N) is 2. The monoisotopic (exact) mass is 360 g/mol. The number of benzene rings is 1. The average molecular weight is 361 g/mol. The first kappa shape index (κ1) is 20.1. The van der Waals surface area contributed by atoms with Crippen molar-refractivity contribution in [1.82, 2.24) is 4.90 Å². The standard InChI is InChI=1S/C15H20N2O6.ClH/c1-9-7-16(8-10(2)23-9)4-3-13(18)11-5-12(17(21)22)15(20)14(19)6-11;/h5-6,9-10,19-20H,3-4,7-8H2,1-2H3;1H. The molecule has 0 aromatic heterocycles. The third-order valence-electron chi connectivity index (χ3n) is 3.74. The number of halogens is 1. The Morgan fingerprint density at radius 3 is 2.46 bits per heavy atom. The summed E-state index contributed by atoms with van der Waals surface area (Å²) in [6.07, 6.45) is 0.348. The third-order valence-corrected chi connectivity index (χ3v) is 3.74. The minimum Gasteiger partial charge on any atom is -0.504 e. The molecule has 1 aliphatic rings. The highest BCUT2D eigenvalue weighted by Crippen LogP contribution is 2.36. The maximum atomic E-state index is 12.2. The van der Waals surface area contributed by atoms with E-state index in [1.165, 1.54) is 0 Å². The number of hydrogen-bond acceptors (Lipinski definition) is 7. The second-order valence-corrected chi connectivity index (χ2v) is 5.81. The number of phenols is 2. The number of carbonyl (C=O) groups excluding carboxylic acids is 1. The van der Waals surface area contributed by atoms with Crippen molar-refractivity contribution in [1.29, 1.82) is 0 Å². The first-order valence-corrected chi connectivity index (χ1v) is 7.39. The van der Waals surface area contributed by atoms with Gasteiger partial charge in [0.2, 0.25) is 5.75 Å². The lowest BCUT2D eigenvalue weighted by molar-refractivity contribution is -0.386. The van der Waals surface area contributed by atoms with Crippen molar-refractivity contribution in [2.75, 3.05) is 19.6 Å². The van der Waals surface area contributed by atoms with Crippen molar-refractivity contribution < 1.29 is 24.7 Å². The molecule has 2 rings (SSSR count). The van der Waals surface area contributed by atoms with E-state index in [1.54, 1.807) is 0 Å². The number of aromatic hydroxyl groups is 2. The zero-order chi connectivity index (χ0) is 17.1. The van der Waals surface area contributed by atoms with E-state index in [4.69, 9.17) is 4.74 Å². The van der Waals surface area contributed by atoms with Gasteiger partial charge in [0.05, 0.1) is 17.1 Å². The summed E-state index contributed by atoms with van der Waals surface area (Å²) in [5, 5.41) is 29.8. The van der Waals surface area contributed by atoms with Crippen molar-refractivity contribution in [2.45, 2.75) is 32.5 Å². The molecule has 24 heavy (non-hydrogen) atoms. The molecule has 0 aliphatic carbocycles. The molecule has 2 unspecified atom stereocenters. The molecular formula is C15H21ClN2O6. The highest BCUT2D eigenvalue weighted by molar-refractivity contribution is 5.97. The lowest BCUT2D eigenvalue weighted by Gasteiger charge is -2.35. The van der Waals surface area contributed by atoms with Gasteiger partial charge in [-0.1, -0.05) is 0 Å². The van der Waals surface area contributed by atoms with Gasteiger partial charge in [-0.15, -0.1) is 12.4 Å². The largest absolute Gasteiger partial charge is 0.504 e. The molecule has 0 amide bonds. The highest BCUT2D eigenvalue weighted by Gasteiger charge is 2.24. The summed E-state index contributed by atoms with van der Waals surface area (Å²) < 4.78 is 5.62. The van der Waals surface area contributed by atoms with Crippen LogP contribution in [0.25, 0.3) is 0 Å². The van der Waals surface area contributed by atoms with Gasteiger partial charge in [-0.2, -0.15) is 0 Å². The Bertz CT molecular complexity index is 614. The lowest BCUT2D eigenvalue weighted by Crippen LogP contribution is -2.46. The molecule has 0 radical (unpaired) electrons. The normalized spacial score (nSPS) is 21.1. The van der Waals surface area contributed by atoms with Crippen molar-refractivity contribution in [3.8, 4) is 11.5 Å². The first-order valence-electron chi connectivity index (χ1n) is 7.39. The van der Waals surface area contributed by atoms with Crippen molar-refractivity contribution in [3.63, 3.8) is 0 Å². The van der Waals surface area contributed by atoms with Gasteiger partial charge < -0.3 is 14.9 Å². The molecule has 8 nitrogen and oxygen atoms in total. The molecule has 134 valence electrons. The summed E-state index contributed by atoms with van der Waals surface area (Å²) in [4.78, 5) is 24.3. The summed E-state index contributed by atoms with van der Waals surface area (Å²) in [5.41, 5.74) is -0.664. The van der Waals surface area contributed by atoms with Crippen molar-refractivity contribution in [3.05, 3.63) is 27.8 Å². The van der Waals surface area contributed by atoms with Gasteiger partial charge in [-0.05, 0) is 19.9 Å². The lowest BCUT2D eigenvalue weighted by atomic mass is 10.1. The minimum absolute atomic E-state index is 0. The fourth-order valence-corrected chi connectivity index (χ4v) is 2.78. The minimum atomic E-state index is -0.836. The van der Waals surface area contributed by atoms with E-state index in [0.29, 0.717) is 6.54 Å². The molecular weight excluding hydrogens is 340 g/mol. The average Bonchev–Trinajstić information content (AvgIpc) is 2.46. The third kappa shape index (κ3) is 4.80. The number of hydrogen-bond donors (Lipinski definition) is 2. The second kappa shape index (κ2) is 8.27. The van der Waals surface area contributed by atoms with E-state index >= 15 is 0 Å². The SMILES string of the molecule is CC1CN(CCC(=O)c2cc(O)c(O)c([N+](=O)[O-])c2)CC(C)O1.Cl. The molecule has 0 spiro atoms. The van der Waals surface area contributed by atoms with Crippen LogP contribution >= 0.6 is 12.4 Å². The summed E-state index contributed by atoms with van der Waals surface area (Å²) in [6.45, 7) is 5.88. The summed E-state index contributed by atoms with van der Waals surface area (Å²) >= 11 is 0. The van der Waals surface area contributed by atoms with Gasteiger partial charge in [0.25, 0.3) is 0 Å². The Morgan fingerprint density at radius 2 is 1.92 bits per heavy atom. The van der Waals surface area contributed by atoms with Crippen LogP contribution in [0.4, 0.5) is 5.69 Å². The Kier molecular flexibility index (Phi) is 6.94. The van der Waals surface area contributed by atoms with Gasteiger partial charge in [-0.25, -0.2) is 0 Å². The maximum absolute atomic E-state index is 12.2. The molecule has 0 saturated carbocycles. The number of Topliss-reactive ketones (excluding diaryl/α,β-unsaturated/α-hetero) is 1. The van der Waals surface area contributed by atoms with Crippen LogP contribution in [0.2, 0.25) is 0 Å². The van der Waals surface area contributed by atoms with Crippen molar-refractivity contribution in [2.24, 2.45) is 0 Å². The number of nitro groups is 1. The van der Waals surface area contributed by atoms with Crippen LogP contribution in [0.3, 0.4) is 0 Å². The summed E-state index contributed by atoms with van der Waals surface area (Å²) in [5.74, 6) is -1.83. The van der Waals surface area contributed by atoms with Crippen LogP contribution in [-0.2, 0) is 4.74 Å². The molecule has 2 atom stereocenters. The topological polar surface area (TPSA) is 113 Å². The molecule has 1 saturated heterocycles. The number of morpholine rings is 1. The first-order chi connectivity index (χ1) is 10.8. The zero-order valence-electron chi connectivity index (χ0n) is 13.5. The Labute approximate surface area is 145 Å². The quantitative estimate of drug-likeness (QED) is 0.358. The van der Waals surface area contributed by atoms with Gasteiger partial charge in [0.15, 0.2) is 11.5 Å². The maximum Gasteiger partial charge on any atom is 0.315 e. The molecule has 1 aromatic carbocycles. The van der Waals surface area contributed by atoms with E-state index in [1.807, 2.05) is 13.8 Å². The van der Waals surface area contributed by atoms with E-state index in [-0.39, 0.29) is 42.4 Å². The molecule has 1 aromatic rings. The number of carbonyl (C=O) groups is 1. The van der Waals surface area contributed by atoms with Crippen LogP contribution in [0.1, 0.15) is 30.6 Å². The van der Waals surface area contributed by atoms with Crippen LogP contribution in [0.15, 0.2) is 12.1 Å². The van der Waals surface area contributed by atoms with Crippen LogP contribution in [-0.4, -0.2) is 57.7 Å². The van der Waals surface area contributed by atoms with Crippen LogP contribution in [0, 0.1) is 10.1 Å². The number of nitro benzene ring substituents is 1. The van der Waals surface area contributed by atoms with Gasteiger partial charge in [0.1, 0.15) is 0 Å². The predicted molar refractivity (Wildman–Crippen MR) is 89.1 cm³/mol. The van der Waals surface area contributed by atoms with Crippen LogP contribution in [0.5, 0.6) is 11.5 Å². The zero-order valence-corrected chi connectivity index (χ0v) is 14.3. The Balaban J connectivity index is 0.00000288. The second-order valence-electron chi connectivity index (χ2n) is 5.81. The molecule has 1 aliphatic heterocycles. The van der Waals surface area contributed by atoms with E-state index in [2.05, 4.69) is 4.90 Å². The molecule has 9 heteroatoms. The van der Waals surface area contributed by atoms with E-state index in [9.17, 15) is 25.1 Å². The van der Waals surface area contributed by atoms with Crippen LogP contribution < -0.4 is 0 Å². The summed E-state index contributed by atoms with van der Waals surface area (Å²) in [6, 6.07) is 2.04. The molecule has 1 fully saturated rings. The fourth-order valence-electron chi connectivity index (χ4n) is 2.78. The van der Waals surface area contributed by atoms with Gasteiger partial charge in [0, 0.05) is 37.7 Å². The number of ether oxygens (including phenoxy) is 1. The highest BCUT2D eigenvalue weighted by atomic mass is 35.5. The Morgan fingerprint density at radius 1 is 1.33 bits per heavy atom. The molecule has 1 heterocycles. The molecule has 0 bridgehead atoms. The number of rotatable bonds is 5. The van der Waals surface area contributed by atoms with Gasteiger partial charge >= 0.3 is 5.69 Å². The predicted octanol–water partition coefficient (Wildman–Crippen LogP) is 2.11. The van der Waals surface area contributed by atoms with E-state index < -0.39 is 22.1 Å². The van der Waals surface area contributed by atoms with Crippen molar-refractivity contribution >= 4 is 23.9 Å². The van der Waals surface area contributed by atoms with Gasteiger partial charge in [-0.3, -0.25) is 19.8 Å². The molecule has 2 N–H and O–H groups in total. The van der Waals surface area contributed by atoms with E-state index in [0.717, 1.165) is 25.2 Å². The number of ketones is 1. The summed E-state index contributed by atoms with van der Waals surface area (Å²) in [7, 11) is 0.